The Morgan fingerprint density at radius 3 is 2.61 bits per heavy atom. The highest BCUT2D eigenvalue weighted by Gasteiger charge is 2.16. The van der Waals surface area contributed by atoms with E-state index in [1.807, 2.05) is 0 Å². The molecule has 4 nitrogen and oxygen atoms in total. The maximum absolute atomic E-state index is 14.5. The van der Waals surface area contributed by atoms with Gasteiger partial charge in [0.1, 0.15) is 5.03 Å². The number of benzene rings is 1. The van der Waals surface area contributed by atoms with Crippen LogP contribution in [0.1, 0.15) is 39.5 Å². The Labute approximate surface area is 168 Å². The second-order valence-electron chi connectivity index (χ2n) is 6.08. The van der Waals surface area contributed by atoms with Gasteiger partial charge in [0.2, 0.25) is 0 Å². The molecule has 0 aliphatic carbocycles. The van der Waals surface area contributed by atoms with Crippen molar-refractivity contribution >= 4 is 17.7 Å². The number of halogens is 2. The number of carbonyl (C=O) groups excluding carboxylic acids is 1. The quantitative estimate of drug-likeness (QED) is 0.273. The number of aromatic nitrogens is 1. The number of hydrogen-bond donors (Lipinski definition) is 0. The number of nitrogens with zero attached hydrogens (tertiary/aromatic N) is 1. The summed E-state index contributed by atoms with van der Waals surface area (Å²) in [4.78, 5) is 15.6. The van der Waals surface area contributed by atoms with Crippen molar-refractivity contribution in [3.8, 4) is 16.9 Å². The number of esters is 1. The zero-order chi connectivity index (χ0) is 20.4. The Kier molecular flexibility index (Phi) is 9.20. The third-order valence-electron chi connectivity index (χ3n) is 3.85. The Hall–Kier alpha value is -2.15. The van der Waals surface area contributed by atoms with Gasteiger partial charge in [-0.2, -0.15) is 0 Å². The molecule has 0 unspecified atom stereocenters. The van der Waals surface area contributed by atoms with Crippen molar-refractivity contribution < 1.29 is 23.0 Å². The van der Waals surface area contributed by atoms with Gasteiger partial charge < -0.3 is 9.47 Å². The van der Waals surface area contributed by atoms with Crippen LogP contribution in [0.15, 0.2) is 35.5 Å². The molecule has 0 bridgehead atoms. The fourth-order valence-electron chi connectivity index (χ4n) is 2.56. The molecule has 1 aromatic carbocycles. The zero-order valence-electron chi connectivity index (χ0n) is 16.2. The largest absolute Gasteiger partial charge is 0.488 e. The maximum Gasteiger partial charge on any atom is 0.305 e. The lowest BCUT2D eigenvalue weighted by Crippen LogP contribution is -2.06. The number of pyridine rings is 1. The van der Waals surface area contributed by atoms with Crippen LogP contribution in [0, 0.1) is 11.6 Å². The van der Waals surface area contributed by atoms with Crippen molar-refractivity contribution in [1.82, 2.24) is 4.98 Å². The predicted octanol–water partition coefficient (Wildman–Crippen LogP) is 5.64. The molecule has 0 radical (unpaired) electrons. The van der Waals surface area contributed by atoms with Crippen LogP contribution in [-0.2, 0) is 9.53 Å². The van der Waals surface area contributed by atoms with Crippen LogP contribution in [0.2, 0.25) is 0 Å². The first-order valence-electron chi connectivity index (χ1n) is 9.42. The summed E-state index contributed by atoms with van der Waals surface area (Å²) >= 11 is 1.56. The Morgan fingerprint density at radius 1 is 1.18 bits per heavy atom. The van der Waals surface area contributed by atoms with E-state index in [4.69, 9.17) is 9.47 Å². The minimum Gasteiger partial charge on any atom is -0.488 e. The van der Waals surface area contributed by atoms with Gasteiger partial charge in [0.05, 0.1) is 13.2 Å². The van der Waals surface area contributed by atoms with Gasteiger partial charge in [0, 0.05) is 18.2 Å². The minimum atomic E-state index is -0.754. The van der Waals surface area contributed by atoms with Gasteiger partial charge in [-0.05, 0) is 55.7 Å². The van der Waals surface area contributed by atoms with E-state index < -0.39 is 17.4 Å². The van der Waals surface area contributed by atoms with E-state index in [9.17, 15) is 13.6 Å². The predicted molar refractivity (Wildman–Crippen MR) is 107 cm³/mol. The van der Waals surface area contributed by atoms with Crippen molar-refractivity contribution in [1.29, 1.82) is 0 Å². The normalized spacial score (nSPS) is 10.7. The molecule has 0 N–H and O–H groups in total. The topological polar surface area (TPSA) is 48.4 Å². The molecule has 28 heavy (non-hydrogen) atoms. The van der Waals surface area contributed by atoms with Crippen LogP contribution in [0.4, 0.5) is 8.78 Å². The zero-order valence-corrected chi connectivity index (χ0v) is 17.0. The standard InChI is InChI=1S/C21H25F2NO3S/c1-3-12-28-21-16(8-7-10-24-21)15-13-17(22)20(18(23)14-15)27-11-6-5-9-19(25)26-4-2/h7-8,10,13-14H,3-6,9,11-12H2,1-2H3. The molecule has 0 saturated heterocycles. The highest BCUT2D eigenvalue weighted by atomic mass is 32.2. The molecule has 2 aromatic rings. The molecule has 0 aliphatic heterocycles. The highest BCUT2D eigenvalue weighted by Crippen LogP contribution is 2.34. The number of rotatable bonds is 11. The van der Waals surface area contributed by atoms with E-state index >= 15 is 0 Å². The molecule has 0 fully saturated rings. The lowest BCUT2D eigenvalue weighted by molar-refractivity contribution is -0.143. The Bertz CT molecular complexity index is 763. The summed E-state index contributed by atoms with van der Waals surface area (Å²) in [7, 11) is 0. The van der Waals surface area contributed by atoms with E-state index in [-0.39, 0.29) is 19.0 Å². The van der Waals surface area contributed by atoms with Gasteiger partial charge in [0.15, 0.2) is 17.4 Å². The van der Waals surface area contributed by atoms with Crippen molar-refractivity contribution in [3.63, 3.8) is 0 Å². The molecule has 1 heterocycles. The van der Waals surface area contributed by atoms with E-state index in [0.29, 0.717) is 30.6 Å². The van der Waals surface area contributed by atoms with E-state index in [1.165, 1.54) is 12.1 Å². The fraction of sp³-hybridized carbons (Fsp3) is 0.429. The average Bonchev–Trinajstić information content (AvgIpc) is 2.68. The van der Waals surface area contributed by atoms with Crippen molar-refractivity contribution in [2.45, 2.75) is 44.6 Å². The van der Waals surface area contributed by atoms with Gasteiger partial charge in [-0.15, -0.1) is 11.8 Å². The number of carbonyl (C=O) groups is 1. The summed E-state index contributed by atoms with van der Waals surface area (Å²) in [6, 6.07) is 6.08. The third-order valence-corrected chi connectivity index (χ3v) is 5.06. The summed E-state index contributed by atoms with van der Waals surface area (Å²) in [6.07, 6.45) is 3.95. The third kappa shape index (κ3) is 6.48. The first kappa shape index (κ1) is 22.1. The molecule has 152 valence electrons. The van der Waals surface area contributed by atoms with Gasteiger partial charge in [-0.3, -0.25) is 4.79 Å². The van der Waals surface area contributed by atoms with E-state index in [1.54, 1.807) is 37.0 Å². The van der Waals surface area contributed by atoms with Crippen LogP contribution in [-0.4, -0.2) is 29.9 Å². The lowest BCUT2D eigenvalue weighted by Gasteiger charge is -2.12. The van der Waals surface area contributed by atoms with Crippen LogP contribution >= 0.6 is 11.8 Å². The van der Waals surface area contributed by atoms with Crippen LogP contribution in [0.5, 0.6) is 5.75 Å². The summed E-state index contributed by atoms with van der Waals surface area (Å²) in [5.74, 6) is -1.31. The fourth-order valence-corrected chi connectivity index (χ4v) is 3.43. The molecule has 0 amide bonds. The van der Waals surface area contributed by atoms with Gasteiger partial charge in [-0.25, -0.2) is 13.8 Å². The van der Waals surface area contributed by atoms with E-state index in [2.05, 4.69) is 11.9 Å². The summed E-state index contributed by atoms with van der Waals surface area (Å²) in [5.41, 5.74) is 1.12. The highest BCUT2D eigenvalue weighted by molar-refractivity contribution is 7.99. The molecule has 2 rings (SSSR count). The summed E-state index contributed by atoms with van der Waals surface area (Å²) in [5, 5.41) is 0.746. The molecule has 7 heteroatoms. The van der Waals surface area contributed by atoms with Crippen molar-refractivity contribution in [2.24, 2.45) is 0 Å². The number of thioether (sulfide) groups is 1. The average molecular weight is 409 g/mol. The number of ether oxygens (including phenoxy) is 2. The SMILES string of the molecule is CCCSc1ncccc1-c1cc(F)c(OCCCCC(=O)OCC)c(F)c1. The molecule has 1 aromatic heterocycles. The Balaban J connectivity index is 2.02. The first-order chi connectivity index (χ1) is 13.6. The van der Waals surface area contributed by atoms with Crippen LogP contribution < -0.4 is 4.74 Å². The van der Waals surface area contributed by atoms with Crippen molar-refractivity contribution in [3.05, 3.63) is 42.1 Å². The monoisotopic (exact) mass is 409 g/mol. The molecule has 0 spiro atoms. The number of hydrogen-bond acceptors (Lipinski definition) is 5. The summed E-state index contributed by atoms with van der Waals surface area (Å²) in [6.45, 7) is 4.27. The van der Waals surface area contributed by atoms with Crippen LogP contribution in [0.3, 0.4) is 0 Å². The van der Waals surface area contributed by atoms with Crippen LogP contribution in [0.25, 0.3) is 11.1 Å². The maximum atomic E-state index is 14.5. The molecular formula is C21H25F2NO3S. The Morgan fingerprint density at radius 2 is 1.93 bits per heavy atom. The molecule has 0 atom stereocenters. The minimum absolute atomic E-state index is 0.122. The van der Waals surface area contributed by atoms with Crippen molar-refractivity contribution in [2.75, 3.05) is 19.0 Å². The van der Waals surface area contributed by atoms with Gasteiger partial charge >= 0.3 is 5.97 Å². The first-order valence-corrected chi connectivity index (χ1v) is 10.4. The molecular weight excluding hydrogens is 384 g/mol. The molecule has 0 aliphatic rings. The second kappa shape index (κ2) is 11.6. The van der Waals surface area contributed by atoms with Gasteiger partial charge in [-0.1, -0.05) is 13.0 Å². The van der Waals surface area contributed by atoms with Gasteiger partial charge in [0.25, 0.3) is 0 Å². The second-order valence-corrected chi connectivity index (χ2v) is 7.17. The van der Waals surface area contributed by atoms with E-state index in [0.717, 1.165) is 17.2 Å². The summed E-state index contributed by atoms with van der Waals surface area (Å²) < 4.78 is 39.0. The molecule has 0 saturated carbocycles. The lowest BCUT2D eigenvalue weighted by atomic mass is 10.1. The number of unbranched alkanes of at least 4 members (excludes halogenated alkanes) is 1. The smallest absolute Gasteiger partial charge is 0.305 e.